The van der Waals surface area contributed by atoms with Gasteiger partial charge in [-0.2, -0.15) is 0 Å². The van der Waals surface area contributed by atoms with Gasteiger partial charge in [0.1, 0.15) is 11.6 Å². The Balaban J connectivity index is 2.74. The Bertz CT molecular complexity index is 336. The number of ether oxygens (including phenoxy) is 2. The Hall–Kier alpha value is -1.59. The number of benzene rings is 1. The molecule has 5 nitrogen and oxygen atoms in total. The highest BCUT2D eigenvalue weighted by molar-refractivity contribution is 5.98. The molecule has 0 unspecified atom stereocenters. The molecular formula is C11H17N3O2. The Kier molecular flexibility index (Phi) is 5.31. The lowest BCUT2D eigenvalue weighted by Gasteiger charge is -2.06. The Morgan fingerprint density at radius 3 is 2.50 bits per heavy atom. The van der Waals surface area contributed by atoms with Gasteiger partial charge in [-0.05, 0) is 24.3 Å². The van der Waals surface area contributed by atoms with Crippen molar-refractivity contribution in [1.29, 1.82) is 0 Å². The number of methoxy groups -OCH3 is 2. The molecule has 0 aliphatic rings. The fourth-order valence-electron chi connectivity index (χ4n) is 1.22. The Morgan fingerprint density at radius 1 is 1.31 bits per heavy atom. The van der Waals surface area contributed by atoms with Crippen LogP contribution in [0.5, 0.6) is 5.75 Å². The van der Waals surface area contributed by atoms with Gasteiger partial charge in [0.05, 0.1) is 20.3 Å². The smallest absolute Gasteiger partial charge is 0.142 e. The van der Waals surface area contributed by atoms with Crippen LogP contribution in [0.3, 0.4) is 0 Å². The highest BCUT2D eigenvalue weighted by Gasteiger charge is 2.01. The first kappa shape index (κ1) is 12.5. The van der Waals surface area contributed by atoms with Crippen molar-refractivity contribution in [2.75, 3.05) is 27.4 Å². The summed E-state index contributed by atoms with van der Waals surface area (Å²) in [4.78, 5) is 4.27. The number of rotatable bonds is 5. The van der Waals surface area contributed by atoms with E-state index < -0.39 is 0 Å². The van der Waals surface area contributed by atoms with Gasteiger partial charge < -0.3 is 14.9 Å². The average molecular weight is 223 g/mol. The molecule has 0 amide bonds. The second-order valence-electron chi connectivity index (χ2n) is 3.10. The van der Waals surface area contributed by atoms with E-state index in [1.165, 1.54) is 0 Å². The van der Waals surface area contributed by atoms with Gasteiger partial charge in [0.15, 0.2) is 0 Å². The van der Waals surface area contributed by atoms with E-state index in [2.05, 4.69) is 10.4 Å². The van der Waals surface area contributed by atoms with Crippen LogP contribution in [0.25, 0.3) is 0 Å². The van der Waals surface area contributed by atoms with Crippen molar-refractivity contribution in [3.8, 4) is 5.75 Å². The van der Waals surface area contributed by atoms with Gasteiger partial charge >= 0.3 is 0 Å². The molecule has 0 aromatic heterocycles. The van der Waals surface area contributed by atoms with Crippen LogP contribution in [-0.2, 0) is 4.74 Å². The summed E-state index contributed by atoms with van der Waals surface area (Å²) in [6, 6.07) is 7.51. The van der Waals surface area contributed by atoms with Crippen molar-refractivity contribution in [3.05, 3.63) is 29.8 Å². The predicted octanol–water partition coefficient (Wildman–Crippen LogP) is 0.551. The van der Waals surface area contributed by atoms with Crippen molar-refractivity contribution in [1.82, 2.24) is 5.43 Å². The second-order valence-corrected chi connectivity index (χ2v) is 3.10. The van der Waals surface area contributed by atoms with Crippen LogP contribution in [0.2, 0.25) is 0 Å². The van der Waals surface area contributed by atoms with Crippen LogP contribution < -0.4 is 16.0 Å². The van der Waals surface area contributed by atoms with Gasteiger partial charge in [-0.25, -0.2) is 5.84 Å². The molecular weight excluding hydrogens is 206 g/mol. The minimum atomic E-state index is 0.571. The van der Waals surface area contributed by atoms with Gasteiger partial charge in [-0.3, -0.25) is 4.99 Å². The summed E-state index contributed by atoms with van der Waals surface area (Å²) >= 11 is 0. The maximum Gasteiger partial charge on any atom is 0.142 e. The molecule has 1 aromatic rings. The van der Waals surface area contributed by atoms with E-state index in [1.54, 1.807) is 14.2 Å². The van der Waals surface area contributed by atoms with Crippen molar-refractivity contribution in [2.45, 2.75) is 0 Å². The molecule has 0 saturated heterocycles. The SMILES string of the molecule is COCCN=C(NN)c1ccc(OC)cc1. The molecule has 1 rings (SSSR count). The summed E-state index contributed by atoms with van der Waals surface area (Å²) in [5.41, 5.74) is 3.48. The standard InChI is InChI=1S/C11H17N3O2/c1-15-8-7-13-11(14-12)9-3-5-10(16-2)6-4-9/h3-6H,7-8,12H2,1-2H3,(H,13,14). The molecule has 0 aliphatic heterocycles. The Labute approximate surface area is 95.2 Å². The van der Waals surface area contributed by atoms with Crippen LogP contribution in [0.4, 0.5) is 0 Å². The van der Waals surface area contributed by atoms with Crippen molar-refractivity contribution in [3.63, 3.8) is 0 Å². The molecule has 0 saturated carbocycles. The van der Waals surface area contributed by atoms with Crippen LogP contribution in [0, 0.1) is 0 Å². The van der Waals surface area contributed by atoms with Crippen LogP contribution in [0.1, 0.15) is 5.56 Å². The predicted molar refractivity (Wildman–Crippen MR) is 63.6 cm³/mol. The summed E-state index contributed by atoms with van der Waals surface area (Å²) < 4.78 is 9.98. The molecule has 3 N–H and O–H groups in total. The number of nitrogens with two attached hydrogens (primary N) is 1. The zero-order chi connectivity index (χ0) is 11.8. The first-order valence-electron chi connectivity index (χ1n) is 4.96. The topological polar surface area (TPSA) is 68.9 Å². The lowest BCUT2D eigenvalue weighted by Crippen LogP contribution is -2.31. The number of hydrazine groups is 1. The van der Waals surface area contributed by atoms with Crippen molar-refractivity contribution in [2.24, 2.45) is 10.8 Å². The fraction of sp³-hybridized carbons (Fsp3) is 0.364. The number of hydrogen-bond acceptors (Lipinski definition) is 4. The van der Waals surface area contributed by atoms with Crippen molar-refractivity contribution >= 4 is 5.84 Å². The molecule has 0 radical (unpaired) electrons. The van der Waals surface area contributed by atoms with E-state index in [-0.39, 0.29) is 0 Å². The maximum atomic E-state index is 5.40. The largest absolute Gasteiger partial charge is 0.497 e. The van der Waals surface area contributed by atoms with Gasteiger partial charge in [-0.1, -0.05) is 0 Å². The lowest BCUT2D eigenvalue weighted by atomic mass is 10.2. The van der Waals surface area contributed by atoms with Crippen LogP contribution in [0.15, 0.2) is 29.3 Å². The van der Waals surface area contributed by atoms with Crippen molar-refractivity contribution < 1.29 is 9.47 Å². The lowest BCUT2D eigenvalue weighted by molar-refractivity contribution is 0.208. The Morgan fingerprint density at radius 2 is 2.00 bits per heavy atom. The molecule has 0 bridgehead atoms. The fourth-order valence-corrected chi connectivity index (χ4v) is 1.22. The summed E-state index contributed by atoms with van der Waals surface area (Å²) in [6.45, 7) is 1.14. The number of aliphatic imine (C=N–C) groups is 1. The monoisotopic (exact) mass is 223 g/mol. The molecule has 0 spiro atoms. The zero-order valence-electron chi connectivity index (χ0n) is 9.56. The van der Waals surface area contributed by atoms with E-state index in [0.29, 0.717) is 19.0 Å². The first-order chi connectivity index (χ1) is 7.81. The molecule has 0 heterocycles. The highest BCUT2D eigenvalue weighted by atomic mass is 16.5. The third-order valence-corrected chi connectivity index (χ3v) is 2.07. The first-order valence-corrected chi connectivity index (χ1v) is 4.96. The molecule has 16 heavy (non-hydrogen) atoms. The average Bonchev–Trinajstić information content (AvgIpc) is 2.35. The normalized spacial score (nSPS) is 11.3. The minimum absolute atomic E-state index is 0.571. The van der Waals surface area contributed by atoms with E-state index in [9.17, 15) is 0 Å². The summed E-state index contributed by atoms with van der Waals surface area (Å²) in [7, 11) is 3.27. The van der Waals surface area contributed by atoms with Crippen LogP contribution >= 0.6 is 0 Å². The maximum absolute atomic E-state index is 5.40. The van der Waals surface area contributed by atoms with Gasteiger partial charge in [0.25, 0.3) is 0 Å². The quantitative estimate of drug-likeness (QED) is 0.251. The summed E-state index contributed by atoms with van der Waals surface area (Å²) in [5, 5.41) is 0. The molecule has 88 valence electrons. The third kappa shape index (κ3) is 3.52. The summed E-state index contributed by atoms with van der Waals surface area (Å²) in [6.07, 6.45) is 0. The molecule has 0 atom stereocenters. The van der Waals surface area contributed by atoms with Gasteiger partial charge in [0.2, 0.25) is 0 Å². The number of hydrogen-bond donors (Lipinski definition) is 2. The molecule has 5 heteroatoms. The summed E-state index contributed by atoms with van der Waals surface area (Å²) in [5.74, 6) is 6.85. The van der Waals surface area contributed by atoms with Gasteiger partial charge in [0, 0.05) is 12.7 Å². The zero-order valence-corrected chi connectivity index (χ0v) is 9.56. The third-order valence-electron chi connectivity index (χ3n) is 2.07. The molecule has 1 aromatic carbocycles. The van der Waals surface area contributed by atoms with E-state index in [1.807, 2.05) is 24.3 Å². The van der Waals surface area contributed by atoms with E-state index in [0.717, 1.165) is 11.3 Å². The number of nitrogens with zero attached hydrogens (tertiary/aromatic N) is 1. The van der Waals surface area contributed by atoms with E-state index in [4.69, 9.17) is 15.3 Å². The number of nitrogens with one attached hydrogen (secondary N) is 1. The second kappa shape index (κ2) is 6.81. The highest BCUT2D eigenvalue weighted by Crippen LogP contribution is 2.11. The van der Waals surface area contributed by atoms with E-state index >= 15 is 0 Å². The number of amidine groups is 1. The molecule has 0 aliphatic carbocycles. The minimum Gasteiger partial charge on any atom is -0.497 e. The van der Waals surface area contributed by atoms with Gasteiger partial charge in [-0.15, -0.1) is 0 Å². The van der Waals surface area contributed by atoms with Crippen LogP contribution in [-0.4, -0.2) is 33.2 Å². The molecule has 0 fully saturated rings.